The molecule has 0 aliphatic heterocycles. The standard InChI is InChI=1S/C19H23NO2S2/c1-14(21)16-7-8-17(24-16)19(10-2-3-11-19)13-20-18(22)9-6-15-5-4-12-23-15/h4-9,12,14,21H,2-3,10-11,13H2,1H3,(H,20,22)/b9-6+/t14-/m0/s1. The molecule has 0 bridgehead atoms. The average Bonchev–Trinajstić information content (AvgIpc) is 3.32. The summed E-state index contributed by atoms with van der Waals surface area (Å²) in [4.78, 5) is 15.5. The van der Waals surface area contributed by atoms with E-state index in [1.54, 1.807) is 35.7 Å². The van der Waals surface area contributed by atoms with Gasteiger partial charge in [0.25, 0.3) is 0 Å². The van der Waals surface area contributed by atoms with Crippen molar-refractivity contribution >= 4 is 34.7 Å². The largest absolute Gasteiger partial charge is 0.388 e. The first-order chi connectivity index (χ1) is 11.6. The van der Waals surface area contributed by atoms with Gasteiger partial charge in [-0.1, -0.05) is 18.9 Å². The summed E-state index contributed by atoms with van der Waals surface area (Å²) in [6.45, 7) is 2.47. The third-order valence-electron chi connectivity index (χ3n) is 4.67. The molecule has 128 valence electrons. The molecule has 3 nitrogen and oxygen atoms in total. The van der Waals surface area contributed by atoms with Crippen molar-refractivity contribution in [2.75, 3.05) is 6.54 Å². The van der Waals surface area contributed by atoms with E-state index in [0.717, 1.165) is 22.6 Å². The first-order valence-electron chi connectivity index (χ1n) is 8.37. The second-order valence-corrected chi connectivity index (χ2v) is 8.53. The van der Waals surface area contributed by atoms with Crippen molar-refractivity contribution in [3.05, 3.63) is 50.4 Å². The Hall–Kier alpha value is -1.43. The summed E-state index contributed by atoms with van der Waals surface area (Å²) in [7, 11) is 0. The van der Waals surface area contributed by atoms with Gasteiger partial charge in [-0.2, -0.15) is 0 Å². The van der Waals surface area contributed by atoms with Gasteiger partial charge in [-0.05, 0) is 49.4 Å². The minimum Gasteiger partial charge on any atom is -0.388 e. The first-order valence-corrected chi connectivity index (χ1v) is 10.1. The minimum absolute atomic E-state index is 0.0320. The maximum Gasteiger partial charge on any atom is 0.244 e. The van der Waals surface area contributed by atoms with E-state index in [0.29, 0.717) is 6.54 Å². The van der Waals surface area contributed by atoms with Crippen molar-refractivity contribution < 1.29 is 9.90 Å². The van der Waals surface area contributed by atoms with Crippen LogP contribution in [-0.4, -0.2) is 17.6 Å². The molecule has 0 unspecified atom stereocenters. The van der Waals surface area contributed by atoms with Crippen LogP contribution < -0.4 is 5.32 Å². The van der Waals surface area contributed by atoms with Gasteiger partial charge in [-0.3, -0.25) is 4.79 Å². The number of rotatable bonds is 6. The van der Waals surface area contributed by atoms with Crippen LogP contribution in [0.3, 0.4) is 0 Å². The van der Waals surface area contributed by atoms with Crippen LogP contribution in [0.2, 0.25) is 0 Å². The van der Waals surface area contributed by atoms with Crippen LogP contribution >= 0.6 is 22.7 Å². The van der Waals surface area contributed by atoms with Crippen molar-refractivity contribution in [2.24, 2.45) is 0 Å². The van der Waals surface area contributed by atoms with Crippen molar-refractivity contribution in [3.8, 4) is 0 Å². The molecule has 1 atom stereocenters. The Bertz CT molecular complexity index is 695. The highest BCUT2D eigenvalue weighted by atomic mass is 32.1. The molecule has 5 heteroatoms. The number of carbonyl (C=O) groups is 1. The second kappa shape index (κ2) is 7.64. The molecule has 1 aliphatic carbocycles. The SMILES string of the molecule is C[C@H](O)c1ccc(C2(CNC(=O)/C=C/c3cccs3)CCCC2)s1. The van der Waals surface area contributed by atoms with Crippen LogP contribution in [0.1, 0.15) is 53.3 Å². The number of amides is 1. The lowest BCUT2D eigenvalue weighted by Gasteiger charge is -2.28. The number of aliphatic hydroxyl groups is 1. The molecule has 2 aromatic heterocycles. The summed E-state index contributed by atoms with van der Waals surface area (Å²) >= 11 is 3.30. The Morgan fingerprint density at radius 3 is 2.79 bits per heavy atom. The zero-order valence-electron chi connectivity index (χ0n) is 13.8. The lowest BCUT2D eigenvalue weighted by Crippen LogP contribution is -2.37. The molecule has 3 rings (SSSR count). The zero-order valence-corrected chi connectivity index (χ0v) is 15.5. The van der Waals surface area contributed by atoms with Gasteiger partial charge in [-0.25, -0.2) is 0 Å². The molecule has 1 fully saturated rings. The van der Waals surface area contributed by atoms with Gasteiger partial charge in [0.2, 0.25) is 5.91 Å². The van der Waals surface area contributed by atoms with Gasteiger partial charge in [0.15, 0.2) is 0 Å². The summed E-state index contributed by atoms with van der Waals surface area (Å²) < 4.78 is 0. The number of thiophene rings is 2. The molecule has 24 heavy (non-hydrogen) atoms. The number of nitrogens with one attached hydrogen (secondary N) is 1. The van der Waals surface area contributed by atoms with Crippen LogP contribution in [0, 0.1) is 0 Å². The molecular formula is C19H23NO2S2. The second-order valence-electron chi connectivity index (χ2n) is 6.43. The Kier molecular flexibility index (Phi) is 5.54. The van der Waals surface area contributed by atoms with E-state index < -0.39 is 6.10 Å². The van der Waals surface area contributed by atoms with E-state index in [2.05, 4.69) is 11.4 Å². The maximum absolute atomic E-state index is 12.2. The van der Waals surface area contributed by atoms with Crippen LogP contribution in [0.5, 0.6) is 0 Å². The molecule has 0 radical (unpaired) electrons. The van der Waals surface area contributed by atoms with Gasteiger partial charge >= 0.3 is 0 Å². The topological polar surface area (TPSA) is 49.3 Å². The summed E-state index contributed by atoms with van der Waals surface area (Å²) in [5.41, 5.74) is 0.0320. The van der Waals surface area contributed by atoms with Crippen molar-refractivity contribution in [1.82, 2.24) is 5.32 Å². The lowest BCUT2D eigenvalue weighted by molar-refractivity contribution is -0.116. The zero-order chi connectivity index (χ0) is 17.0. The molecule has 1 aliphatic rings. The minimum atomic E-state index is -0.425. The number of aliphatic hydroxyl groups excluding tert-OH is 1. The summed E-state index contributed by atoms with van der Waals surface area (Å²) in [5.74, 6) is -0.0398. The van der Waals surface area contributed by atoms with Crippen LogP contribution in [0.4, 0.5) is 0 Å². The number of carbonyl (C=O) groups excluding carboxylic acids is 1. The van der Waals surface area contributed by atoms with Gasteiger partial charge in [0.1, 0.15) is 0 Å². The summed E-state index contributed by atoms with van der Waals surface area (Å²) in [5, 5.41) is 14.9. The highest BCUT2D eigenvalue weighted by Gasteiger charge is 2.37. The Morgan fingerprint density at radius 1 is 1.38 bits per heavy atom. The monoisotopic (exact) mass is 361 g/mol. The van der Waals surface area contributed by atoms with Crippen molar-refractivity contribution in [1.29, 1.82) is 0 Å². The number of hydrogen-bond donors (Lipinski definition) is 2. The fourth-order valence-electron chi connectivity index (χ4n) is 3.28. The van der Waals surface area contributed by atoms with Crippen LogP contribution in [0.25, 0.3) is 6.08 Å². The third-order valence-corrected chi connectivity index (χ3v) is 7.00. The van der Waals surface area contributed by atoms with E-state index in [9.17, 15) is 9.90 Å². The Balaban J connectivity index is 1.66. The van der Waals surface area contributed by atoms with E-state index in [-0.39, 0.29) is 11.3 Å². The molecule has 0 saturated heterocycles. The third kappa shape index (κ3) is 3.97. The van der Waals surface area contributed by atoms with Crippen LogP contribution in [-0.2, 0) is 10.2 Å². The first kappa shape index (κ1) is 17.4. The lowest BCUT2D eigenvalue weighted by atomic mass is 9.84. The fraction of sp³-hybridized carbons (Fsp3) is 0.421. The van der Waals surface area contributed by atoms with E-state index in [1.165, 1.54) is 17.7 Å². The Labute approximate surface area is 151 Å². The maximum atomic E-state index is 12.2. The van der Waals surface area contributed by atoms with Crippen molar-refractivity contribution in [2.45, 2.75) is 44.1 Å². The van der Waals surface area contributed by atoms with Gasteiger partial charge in [-0.15, -0.1) is 22.7 Å². The van der Waals surface area contributed by atoms with Gasteiger partial charge < -0.3 is 10.4 Å². The highest BCUT2D eigenvalue weighted by Crippen LogP contribution is 2.44. The van der Waals surface area contributed by atoms with E-state index in [4.69, 9.17) is 0 Å². The smallest absolute Gasteiger partial charge is 0.244 e. The van der Waals surface area contributed by atoms with E-state index in [1.807, 2.05) is 29.7 Å². The fourth-order valence-corrected chi connectivity index (χ4v) is 5.09. The van der Waals surface area contributed by atoms with Crippen LogP contribution in [0.15, 0.2) is 35.7 Å². The summed E-state index contributed by atoms with van der Waals surface area (Å²) in [6, 6.07) is 8.12. The average molecular weight is 362 g/mol. The molecule has 0 aromatic carbocycles. The van der Waals surface area contributed by atoms with Crippen molar-refractivity contribution in [3.63, 3.8) is 0 Å². The predicted octanol–water partition coefficient (Wildman–Crippen LogP) is 4.50. The molecule has 2 N–H and O–H groups in total. The molecule has 1 saturated carbocycles. The molecule has 0 spiro atoms. The van der Waals surface area contributed by atoms with Gasteiger partial charge in [0.05, 0.1) is 6.10 Å². The number of hydrogen-bond acceptors (Lipinski definition) is 4. The molecule has 2 aromatic rings. The van der Waals surface area contributed by atoms with Gasteiger partial charge in [0, 0.05) is 32.7 Å². The quantitative estimate of drug-likeness (QED) is 0.744. The van der Waals surface area contributed by atoms with E-state index >= 15 is 0 Å². The summed E-state index contributed by atoms with van der Waals surface area (Å²) in [6.07, 6.45) is 7.64. The highest BCUT2D eigenvalue weighted by molar-refractivity contribution is 7.12. The predicted molar refractivity (Wildman–Crippen MR) is 101 cm³/mol. The molecule has 2 heterocycles. The normalized spacial score (nSPS) is 18.1. The molecular weight excluding hydrogens is 338 g/mol. The Morgan fingerprint density at radius 2 is 2.17 bits per heavy atom. The molecule has 1 amide bonds.